The topological polar surface area (TPSA) is 96.4 Å². The molecule has 3 rings (SSSR count). The molecule has 152 valence electrons. The van der Waals surface area contributed by atoms with Crippen LogP contribution < -0.4 is 0 Å². The Balaban J connectivity index is 1.65. The van der Waals surface area contributed by atoms with Gasteiger partial charge in [-0.2, -0.15) is 10.2 Å². The number of hydrogen-bond acceptors (Lipinski definition) is 5. The van der Waals surface area contributed by atoms with E-state index in [4.69, 9.17) is 4.74 Å². The van der Waals surface area contributed by atoms with Crippen LogP contribution in [0.3, 0.4) is 0 Å². The summed E-state index contributed by atoms with van der Waals surface area (Å²) in [6, 6.07) is 1.76. The highest BCUT2D eigenvalue weighted by molar-refractivity contribution is 5.93. The van der Waals surface area contributed by atoms with Crippen LogP contribution in [0, 0.1) is 13.8 Å². The van der Waals surface area contributed by atoms with Gasteiger partial charge in [-0.05, 0) is 40.7 Å². The van der Waals surface area contributed by atoms with E-state index in [1.165, 1.54) is 0 Å². The summed E-state index contributed by atoms with van der Waals surface area (Å²) >= 11 is 0. The summed E-state index contributed by atoms with van der Waals surface area (Å²) in [4.78, 5) is 28.3. The largest absolute Gasteiger partial charge is 0.444 e. The van der Waals surface area contributed by atoms with Crippen LogP contribution >= 0.6 is 0 Å². The van der Waals surface area contributed by atoms with Crippen LogP contribution in [-0.2, 0) is 11.8 Å². The molecule has 28 heavy (non-hydrogen) atoms. The number of H-pyrrole nitrogens is 1. The van der Waals surface area contributed by atoms with E-state index >= 15 is 0 Å². The number of piperazine rings is 1. The fourth-order valence-corrected chi connectivity index (χ4v) is 3.29. The van der Waals surface area contributed by atoms with Crippen molar-refractivity contribution in [1.29, 1.82) is 0 Å². The van der Waals surface area contributed by atoms with E-state index in [-0.39, 0.29) is 12.0 Å². The molecule has 0 atom stereocenters. The molecule has 0 unspecified atom stereocenters. The number of aromatic nitrogens is 4. The second-order valence-electron chi connectivity index (χ2n) is 8.10. The van der Waals surface area contributed by atoms with Gasteiger partial charge in [-0.1, -0.05) is 0 Å². The van der Waals surface area contributed by atoms with Crippen molar-refractivity contribution in [3.63, 3.8) is 0 Å². The summed E-state index contributed by atoms with van der Waals surface area (Å²) in [5, 5.41) is 11.6. The van der Waals surface area contributed by atoms with Crippen LogP contribution in [0.4, 0.5) is 4.79 Å². The van der Waals surface area contributed by atoms with Crippen molar-refractivity contribution in [1.82, 2.24) is 29.8 Å². The lowest BCUT2D eigenvalue weighted by atomic mass is 10.1. The molecule has 0 aliphatic carbocycles. The number of rotatable bonds is 2. The van der Waals surface area contributed by atoms with Gasteiger partial charge in [0, 0.05) is 44.5 Å². The molecule has 0 bridgehead atoms. The second-order valence-corrected chi connectivity index (χ2v) is 8.10. The van der Waals surface area contributed by atoms with Gasteiger partial charge in [-0.25, -0.2) is 4.79 Å². The van der Waals surface area contributed by atoms with Crippen LogP contribution in [0.15, 0.2) is 6.07 Å². The Bertz CT molecular complexity index is 884. The van der Waals surface area contributed by atoms with Gasteiger partial charge in [-0.3, -0.25) is 14.6 Å². The van der Waals surface area contributed by atoms with Gasteiger partial charge in [0.2, 0.25) is 0 Å². The molecule has 0 spiro atoms. The van der Waals surface area contributed by atoms with Crippen molar-refractivity contribution in [2.45, 2.75) is 40.2 Å². The van der Waals surface area contributed by atoms with Crippen LogP contribution in [0.5, 0.6) is 0 Å². The number of aryl methyl sites for hydroxylation is 2. The first-order valence-electron chi connectivity index (χ1n) is 9.40. The Labute approximate surface area is 164 Å². The molecule has 2 amide bonds. The first-order valence-corrected chi connectivity index (χ1v) is 9.40. The van der Waals surface area contributed by atoms with Crippen molar-refractivity contribution < 1.29 is 14.3 Å². The predicted molar refractivity (Wildman–Crippen MR) is 104 cm³/mol. The number of carbonyl (C=O) groups is 2. The molecule has 2 aromatic rings. The van der Waals surface area contributed by atoms with Gasteiger partial charge in [0.1, 0.15) is 11.3 Å². The van der Waals surface area contributed by atoms with E-state index in [1.54, 1.807) is 20.5 Å². The zero-order valence-corrected chi connectivity index (χ0v) is 17.4. The molecule has 9 heteroatoms. The Kier molecular flexibility index (Phi) is 5.18. The summed E-state index contributed by atoms with van der Waals surface area (Å²) in [5.41, 5.74) is 3.42. The predicted octanol–water partition coefficient (Wildman–Crippen LogP) is 2.12. The maximum atomic E-state index is 12.8. The third kappa shape index (κ3) is 4.02. The van der Waals surface area contributed by atoms with E-state index in [0.717, 1.165) is 17.0 Å². The highest BCUT2D eigenvalue weighted by Crippen LogP contribution is 2.25. The van der Waals surface area contributed by atoms with E-state index < -0.39 is 5.60 Å². The zero-order valence-electron chi connectivity index (χ0n) is 17.4. The molecule has 1 aliphatic rings. The summed E-state index contributed by atoms with van der Waals surface area (Å²) in [6.45, 7) is 11.2. The second kappa shape index (κ2) is 7.29. The van der Waals surface area contributed by atoms with Crippen molar-refractivity contribution in [2.75, 3.05) is 26.2 Å². The van der Waals surface area contributed by atoms with Crippen LogP contribution in [0.2, 0.25) is 0 Å². The summed E-state index contributed by atoms with van der Waals surface area (Å²) in [6.07, 6.45) is -0.342. The standard InChI is InChI=1S/C19H28N6O3/c1-12-16(13(2)23(6)22-12)14-11-15(21-20-14)17(26)24-7-9-25(10-8-24)18(27)28-19(3,4)5/h11H,7-10H2,1-6H3,(H,20,21). The molecule has 0 radical (unpaired) electrons. The minimum atomic E-state index is -0.529. The van der Waals surface area contributed by atoms with Gasteiger partial charge in [0.25, 0.3) is 5.91 Å². The van der Waals surface area contributed by atoms with Crippen molar-refractivity contribution in [3.8, 4) is 11.3 Å². The highest BCUT2D eigenvalue weighted by Gasteiger charge is 2.29. The third-order valence-electron chi connectivity index (χ3n) is 4.79. The van der Waals surface area contributed by atoms with Gasteiger partial charge in [-0.15, -0.1) is 0 Å². The SMILES string of the molecule is Cc1nn(C)c(C)c1-c1cc(C(=O)N2CCN(C(=O)OC(C)(C)C)CC2)[nH]n1. The average Bonchev–Trinajstić information content (AvgIpc) is 3.18. The van der Waals surface area contributed by atoms with E-state index in [2.05, 4.69) is 15.3 Å². The van der Waals surface area contributed by atoms with E-state index in [1.807, 2.05) is 41.7 Å². The maximum absolute atomic E-state index is 12.8. The monoisotopic (exact) mass is 388 g/mol. The molecule has 1 aliphatic heterocycles. The van der Waals surface area contributed by atoms with Gasteiger partial charge in [0.05, 0.1) is 11.4 Å². The molecule has 1 N–H and O–H groups in total. The molecule has 0 aromatic carbocycles. The van der Waals surface area contributed by atoms with E-state index in [0.29, 0.717) is 37.6 Å². The molecule has 9 nitrogen and oxygen atoms in total. The third-order valence-corrected chi connectivity index (χ3v) is 4.79. The number of amides is 2. The average molecular weight is 388 g/mol. The summed E-state index contributed by atoms with van der Waals surface area (Å²) in [5.74, 6) is -0.123. The van der Waals surface area contributed by atoms with Crippen LogP contribution in [0.25, 0.3) is 11.3 Å². The van der Waals surface area contributed by atoms with E-state index in [9.17, 15) is 9.59 Å². The first-order chi connectivity index (χ1) is 13.1. The first kappa shape index (κ1) is 19.9. The molecule has 1 saturated heterocycles. The Hall–Kier alpha value is -2.84. The number of ether oxygens (including phenoxy) is 1. The minimum Gasteiger partial charge on any atom is -0.444 e. The minimum absolute atomic E-state index is 0.123. The number of carbonyl (C=O) groups excluding carboxylic acids is 2. The Morgan fingerprint density at radius 3 is 2.25 bits per heavy atom. The maximum Gasteiger partial charge on any atom is 0.410 e. The number of nitrogens with one attached hydrogen (secondary N) is 1. The zero-order chi connectivity index (χ0) is 20.6. The fraction of sp³-hybridized carbons (Fsp3) is 0.579. The summed E-state index contributed by atoms with van der Waals surface area (Å²) < 4.78 is 7.20. The number of aromatic amines is 1. The lowest BCUT2D eigenvalue weighted by Crippen LogP contribution is -2.51. The van der Waals surface area contributed by atoms with Crippen molar-refractivity contribution in [2.24, 2.45) is 7.05 Å². The number of nitrogens with zero attached hydrogens (tertiary/aromatic N) is 5. The Morgan fingerprint density at radius 2 is 1.71 bits per heavy atom. The molecule has 2 aromatic heterocycles. The molecule has 1 fully saturated rings. The van der Waals surface area contributed by atoms with Crippen LogP contribution in [-0.4, -0.2) is 73.6 Å². The highest BCUT2D eigenvalue weighted by atomic mass is 16.6. The smallest absolute Gasteiger partial charge is 0.410 e. The van der Waals surface area contributed by atoms with Crippen molar-refractivity contribution >= 4 is 12.0 Å². The Morgan fingerprint density at radius 1 is 1.11 bits per heavy atom. The molecule has 0 saturated carbocycles. The quantitative estimate of drug-likeness (QED) is 0.850. The molecular weight excluding hydrogens is 360 g/mol. The van der Waals surface area contributed by atoms with Gasteiger partial charge in [0.15, 0.2) is 0 Å². The van der Waals surface area contributed by atoms with Crippen molar-refractivity contribution in [3.05, 3.63) is 23.1 Å². The lowest BCUT2D eigenvalue weighted by molar-refractivity contribution is 0.0140. The van der Waals surface area contributed by atoms with Gasteiger partial charge >= 0.3 is 6.09 Å². The normalized spacial score (nSPS) is 15.1. The molecule has 3 heterocycles. The number of hydrogen-bond donors (Lipinski definition) is 1. The summed E-state index contributed by atoms with van der Waals surface area (Å²) in [7, 11) is 1.88. The molecular formula is C19H28N6O3. The fourth-order valence-electron chi connectivity index (χ4n) is 3.29. The lowest BCUT2D eigenvalue weighted by Gasteiger charge is -2.35. The van der Waals surface area contributed by atoms with Crippen LogP contribution in [0.1, 0.15) is 42.6 Å². The van der Waals surface area contributed by atoms with Gasteiger partial charge < -0.3 is 14.5 Å².